The molecule has 0 spiro atoms. The van der Waals surface area contributed by atoms with Crippen molar-refractivity contribution in [1.82, 2.24) is 0 Å². The fraction of sp³-hybridized carbons (Fsp3) is 0.333. The lowest BCUT2D eigenvalue weighted by atomic mass is 10.1. The van der Waals surface area contributed by atoms with Gasteiger partial charge >= 0.3 is 11.9 Å². The standard InChI is InChI=1S/C15H16O5/c1-11(16)20-13-7-8-18-14(9-13)10-19-15(17)12-5-3-2-4-6-12/h2-8,13-14H,9-10H2,1H3/t13-,14+/m1/s1. The van der Waals surface area contributed by atoms with Crippen LogP contribution in [0.2, 0.25) is 0 Å². The van der Waals surface area contributed by atoms with Crippen molar-refractivity contribution in [3.05, 3.63) is 48.2 Å². The molecule has 0 aliphatic carbocycles. The van der Waals surface area contributed by atoms with E-state index in [4.69, 9.17) is 14.2 Å². The Bertz CT molecular complexity index is 494. The van der Waals surface area contributed by atoms with Gasteiger partial charge in [0, 0.05) is 13.3 Å². The van der Waals surface area contributed by atoms with E-state index in [-0.39, 0.29) is 24.8 Å². The van der Waals surface area contributed by atoms with Gasteiger partial charge in [0.05, 0.1) is 11.8 Å². The minimum Gasteiger partial charge on any atom is -0.495 e. The van der Waals surface area contributed by atoms with Crippen molar-refractivity contribution < 1.29 is 23.8 Å². The highest BCUT2D eigenvalue weighted by Crippen LogP contribution is 2.15. The molecule has 0 saturated carbocycles. The van der Waals surface area contributed by atoms with Gasteiger partial charge in [-0.25, -0.2) is 4.79 Å². The molecule has 1 heterocycles. The Morgan fingerprint density at radius 1 is 1.30 bits per heavy atom. The number of carbonyl (C=O) groups excluding carboxylic acids is 2. The monoisotopic (exact) mass is 276 g/mol. The maximum absolute atomic E-state index is 11.8. The Labute approximate surface area is 117 Å². The average molecular weight is 276 g/mol. The predicted molar refractivity (Wildman–Crippen MR) is 70.9 cm³/mol. The Morgan fingerprint density at radius 3 is 2.75 bits per heavy atom. The summed E-state index contributed by atoms with van der Waals surface area (Å²) in [6, 6.07) is 8.74. The Morgan fingerprint density at radius 2 is 2.05 bits per heavy atom. The van der Waals surface area contributed by atoms with Gasteiger partial charge in [-0.1, -0.05) is 18.2 Å². The van der Waals surface area contributed by atoms with Gasteiger partial charge in [0.15, 0.2) is 0 Å². The number of rotatable bonds is 4. The molecule has 5 nitrogen and oxygen atoms in total. The third-order valence-corrected chi connectivity index (χ3v) is 2.79. The van der Waals surface area contributed by atoms with Crippen LogP contribution in [0, 0.1) is 0 Å². The van der Waals surface area contributed by atoms with E-state index in [2.05, 4.69) is 0 Å². The molecule has 2 atom stereocenters. The van der Waals surface area contributed by atoms with Crippen LogP contribution in [0.3, 0.4) is 0 Å². The number of carbonyl (C=O) groups is 2. The number of hydrogen-bond donors (Lipinski definition) is 0. The summed E-state index contributed by atoms with van der Waals surface area (Å²) in [5, 5.41) is 0. The number of hydrogen-bond acceptors (Lipinski definition) is 5. The first-order valence-electron chi connectivity index (χ1n) is 6.36. The molecule has 1 aromatic rings. The normalized spacial score (nSPS) is 20.9. The van der Waals surface area contributed by atoms with E-state index >= 15 is 0 Å². The van der Waals surface area contributed by atoms with E-state index in [0.29, 0.717) is 12.0 Å². The van der Waals surface area contributed by atoms with Gasteiger partial charge < -0.3 is 14.2 Å². The van der Waals surface area contributed by atoms with Gasteiger partial charge in [-0.3, -0.25) is 4.79 Å². The molecule has 0 saturated heterocycles. The number of ether oxygens (including phenoxy) is 3. The summed E-state index contributed by atoms with van der Waals surface area (Å²) in [4.78, 5) is 22.7. The van der Waals surface area contributed by atoms with Crippen molar-refractivity contribution >= 4 is 11.9 Å². The van der Waals surface area contributed by atoms with Crippen LogP contribution in [0.5, 0.6) is 0 Å². The lowest BCUT2D eigenvalue weighted by Crippen LogP contribution is -2.30. The molecular formula is C15H16O5. The fourth-order valence-electron chi connectivity index (χ4n) is 1.87. The molecule has 1 aromatic carbocycles. The summed E-state index contributed by atoms with van der Waals surface area (Å²) < 4.78 is 15.6. The molecule has 2 rings (SSSR count). The molecule has 0 N–H and O–H groups in total. The van der Waals surface area contributed by atoms with Crippen LogP contribution in [-0.2, 0) is 19.0 Å². The SMILES string of the molecule is CC(=O)O[C@@H]1C=CO[C@H](COC(=O)c2ccccc2)C1. The topological polar surface area (TPSA) is 61.8 Å². The smallest absolute Gasteiger partial charge is 0.338 e. The Hall–Kier alpha value is -2.30. The molecule has 106 valence electrons. The van der Waals surface area contributed by atoms with Gasteiger partial charge in [-0.05, 0) is 18.2 Å². The molecule has 0 radical (unpaired) electrons. The van der Waals surface area contributed by atoms with E-state index in [1.807, 2.05) is 6.07 Å². The summed E-state index contributed by atoms with van der Waals surface area (Å²) >= 11 is 0. The van der Waals surface area contributed by atoms with Crippen LogP contribution in [-0.4, -0.2) is 30.8 Å². The summed E-state index contributed by atoms with van der Waals surface area (Å²) in [7, 11) is 0. The zero-order chi connectivity index (χ0) is 14.4. The second-order valence-corrected chi connectivity index (χ2v) is 4.43. The molecule has 0 fully saturated rings. The largest absolute Gasteiger partial charge is 0.495 e. The first kappa shape index (κ1) is 14.1. The quantitative estimate of drug-likeness (QED) is 0.788. The molecule has 5 heteroatoms. The fourth-order valence-corrected chi connectivity index (χ4v) is 1.87. The average Bonchev–Trinajstić information content (AvgIpc) is 2.45. The number of benzene rings is 1. The molecular weight excluding hydrogens is 260 g/mol. The maximum atomic E-state index is 11.8. The van der Waals surface area contributed by atoms with Crippen molar-refractivity contribution in [1.29, 1.82) is 0 Å². The second kappa shape index (κ2) is 6.75. The van der Waals surface area contributed by atoms with Crippen molar-refractivity contribution in [3.63, 3.8) is 0 Å². The summed E-state index contributed by atoms with van der Waals surface area (Å²) in [6.07, 6.45) is 2.96. The Kier molecular flexibility index (Phi) is 4.76. The summed E-state index contributed by atoms with van der Waals surface area (Å²) in [5.41, 5.74) is 0.496. The van der Waals surface area contributed by atoms with Crippen LogP contribution in [0.4, 0.5) is 0 Å². The third kappa shape index (κ3) is 4.12. The molecule has 20 heavy (non-hydrogen) atoms. The van der Waals surface area contributed by atoms with Crippen molar-refractivity contribution in [3.8, 4) is 0 Å². The van der Waals surface area contributed by atoms with Crippen LogP contribution >= 0.6 is 0 Å². The van der Waals surface area contributed by atoms with Gasteiger partial charge in [0.2, 0.25) is 0 Å². The minimum atomic E-state index is -0.396. The van der Waals surface area contributed by atoms with Crippen LogP contribution < -0.4 is 0 Å². The maximum Gasteiger partial charge on any atom is 0.338 e. The lowest BCUT2D eigenvalue weighted by molar-refractivity contribution is -0.146. The number of esters is 2. The first-order valence-corrected chi connectivity index (χ1v) is 6.36. The van der Waals surface area contributed by atoms with E-state index < -0.39 is 5.97 Å². The van der Waals surface area contributed by atoms with E-state index in [0.717, 1.165) is 0 Å². The highest BCUT2D eigenvalue weighted by molar-refractivity contribution is 5.89. The molecule has 1 aliphatic rings. The lowest BCUT2D eigenvalue weighted by Gasteiger charge is -2.24. The molecule has 0 amide bonds. The van der Waals surface area contributed by atoms with Crippen LogP contribution in [0.1, 0.15) is 23.7 Å². The van der Waals surface area contributed by atoms with Crippen molar-refractivity contribution in [2.75, 3.05) is 6.61 Å². The predicted octanol–water partition coefficient (Wildman–Crippen LogP) is 2.08. The molecule has 1 aliphatic heterocycles. The molecule has 0 bridgehead atoms. The van der Waals surface area contributed by atoms with Crippen molar-refractivity contribution in [2.45, 2.75) is 25.6 Å². The van der Waals surface area contributed by atoms with Crippen LogP contribution in [0.25, 0.3) is 0 Å². The van der Waals surface area contributed by atoms with Gasteiger partial charge in [-0.2, -0.15) is 0 Å². The second-order valence-electron chi connectivity index (χ2n) is 4.43. The summed E-state index contributed by atoms with van der Waals surface area (Å²) in [6.45, 7) is 1.48. The minimum absolute atomic E-state index is 0.121. The van der Waals surface area contributed by atoms with E-state index in [9.17, 15) is 9.59 Å². The van der Waals surface area contributed by atoms with E-state index in [1.165, 1.54) is 13.2 Å². The zero-order valence-corrected chi connectivity index (χ0v) is 11.2. The highest BCUT2D eigenvalue weighted by Gasteiger charge is 2.22. The van der Waals surface area contributed by atoms with E-state index in [1.54, 1.807) is 30.3 Å². The Balaban J connectivity index is 1.81. The van der Waals surface area contributed by atoms with Crippen LogP contribution in [0.15, 0.2) is 42.7 Å². The molecule has 0 aromatic heterocycles. The third-order valence-electron chi connectivity index (χ3n) is 2.79. The molecule has 0 unspecified atom stereocenters. The summed E-state index contributed by atoms with van der Waals surface area (Å²) in [5.74, 6) is -0.741. The van der Waals surface area contributed by atoms with Gasteiger partial charge in [0.25, 0.3) is 0 Å². The first-order chi connectivity index (χ1) is 9.65. The van der Waals surface area contributed by atoms with Crippen molar-refractivity contribution in [2.24, 2.45) is 0 Å². The highest BCUT2D eigenvalue weighted by atomic mass is 16.6. The van der Waals surface area contributed by atoms with Gasteiger partial charge in [0.1, 0.15) is 18.8 Å². The van der Waals surface area contributed by atoms with Gasteiger partial charge in [-0.15, -0.1) is 0 Å². The zero-order valence-electron chi connectivity index (χ0n) is 11.2.